The summed E-state index contributed by atoms with van der Waals surface area (Å²) in [7, 11) is 2.17. The SMILES string of the molecule is CN1CCC(c2ccc(Nc3ncc(F)c(-c4cc5nccc(C6CCCC6)c5s4)n3)nc2)CC1. The second-order valence-corrected chi connectivity index (χ2v) is 10.8. The molecule has 180 valence electrons. The van der Waals surface area contributed by atoms with Gasteiger partial charge in [0.1, 0.15) is 11.5 Å². The van der Waals surface area contributed by atoms with Crippen molar-refractivity contribution in [3.63, 3.8) is 0 Å². The minimum atomic E-state index is -0.435. The minimum Gasteiger partial charge on any atom is -0.309 e. The van der Waals surface area contributed by atoms with E-state index >= 15 is 0 Å². The number of halogens is 1. The maximum atomic E-state index is 14.8. The van der Waals surface area contributed by atoms with Crippen molar-refractivity contribution in [1.29, 1.82) is 0 Å². The third-order valence-electron chi connectivity index (χ3n) is 7.43. The first kappa shape index (κ1) is 22.5. The van der Waals surface area contributed by atoms with E-state index in [4.69, 9.17) is 0 Å². The number of rotatable bonds is 5. The molecular formula is C27H29FN6S. The molecule has 0 atom stereocenters. The fourth-order valence-electron chi connectivity index (χ4n) is 5.41. The molecule has 5 heterocycles. The summed E-state index contributed by atoms with van der Waals surface area (Å²) in [5.41, 5.74) is 3.81. The number of piperidine rings is 1. The fraction of sp³-hybridized carbons (Fsp3) is 0.407. The Bertz CT molecular complexity index is 1320. The van der Waals surface area contributed by atoms with Crippen LogP contribution >= 0.6 is 11.3 Å². The summed E-state index contributed by atoms with van der Waals surface area (Å²) in [6, 6.07) is 8.15. The molecule has 35 heavy (non-hydrogen) atoms. The zero-order valence-corrected chi connectivity index (χ0v) is 20.7. The van der Waals surface area contributed by atoms with Crippen molar-refractivity contribution in [2.45, 2.75) is 50.4 Å². The number of hydrogen-bond acceptors (Lipinski definition) is 7. The third-order valence-corrected chi connectivity index (χ3v) is 8.61. The molecule has 0 spiro atoms. The highest BCUT2D eigenvalue weighted by Gasteiger charge is 2.22. The van der Waals surface area contributed by atoms with Crippen molar-refractivity contribution < 1.29 is 4.39 Å². The molecule has 1 saturated carbocycles. The number of anilines is 2. The van der Waals surface area contributed by atoms with E-state index in [1.807, 2.05) is 24.5 Å². The highest BCUT2D eigenvalue weighted by Crippen LogP contribution is 2.42. The van der Waals surface area contributed by atoms with Crippen LogP contribution in [-0.4, -0.2) is 45.0 Å². The Morgan fingerprint density at radius 2 is 1.80 bits per heavy atom. The van der Waals surface area contributed by atoms with Crippen LogP contribution in [-0.2, 0) is 0 Å². The molecule has 4 aromatic heterocycles. The summed E-state index contributed by atoms with van der Waals surface area (Å²) in [6.45, 7) is 2.23. The molecule has 0 amide bonds. The highest BCUT2D eigenvalue weighted by molar-refractivity contribution is 7.22. The molecular weight excluding hydrogens is 459 g/mol. The molecule has 1 aliphatic carbocycles. The molecule has 8 heteroatoms. The van der Waals surface area contributed by atoms with Crippen LogP contribution in [0.1, 0.15) is 61.5 Å². The lowest BCUT2D eigenvalue weighted by Gasteiger charge is -2.29. The summed E-state index contributed by atoms with van der Waals surface area (Å²) in [6.07, 6.45) is 12.3. The zero-order valence-electron chi connectivity index (χ0n) is 19.9. The van der Waals surface area contributed by atoms with E-state index in [2.05, 4.69) is 49.3 Å². The van der Waals surface area contributed by atoms with Crippen LogP contribution < -0.4 is 5.32 Å². The van der Waals surface area contributed by atoms with Crippen LogP contribution in [0.15, 0.2) is 42.9 Å². The Labute approximate surface area is 208 Å². The minimum absolute atomic E-state index is 0.297. The van der Waals surface area contributed by atoms with Gasteiger partial charge in [-0.2, -0.15) is 0 Å². The van der Waals surface area contributed by atoms with Crippen molar-refractivity contribution in [2.24, 2.45) is 0 Å². The van der Waals surface area contributed by atoms with Gasteiger partial charge in [0, 0.05) is 12.4 Å². The number of thiophene rings is 1. The van der Waals surface area contributed by atoms with Crippen LogP contribution in [0.3, 0.4) is 0 Å². The number of likely N-dealkylation sites (tertiary alicyclic amines) is 1. The molecule has 0 unspecified atom stereocenters. The van der Waals surface area contributed by atoms with Gasteiger partial charge in [0.15, 0.2) is 5.82 Å². The van der Waals surface area contributed by atoms with E-state index < -0.39 is 5.82 Å². The quantitative estimate of drug-likeness (QED) is 0.346. The average Bonchev–Trinajstić information content (AvgIpc) is 3.56. The summed E-state index contributed by atoms with van der Waals surface area (Å²) in [5.74, 6) is 1.68. The van der Waals surface area contributed by atoms with Gasteiger partial charge in [0.25, 0.3) is 0 Å². The lowest BCUT2D eigenvalue weighted by atomic mass is 9.91. The standard InChI is InChI=1S/C27H29FN6S/c1-34-12-9-17(10-13-34)19-6-7-24(30-15-19)32-27-31-16-21(28)25(33-27)23-14-22-26(35-23)20(8-11-29-22)18-4-2-3-5-18/h6-8,11,14-18H,2-5,9-10,12-13H2,1H3,(H,30,31,32,33). The fourth-order valence-corrected chi connectivity index (χ4v) is 6.61. The van der Waals surface area contributed by atoms with E-state index in [1.165, 1.54) is 43.0 Å². The van der Waals surface area contributed by atoms with E-state index in [1.54, 1.807) is 11.3 Å². The monoisotopic (exact) mass is 488 g/mol. The zero-order chi connectivity index (χ0) is 23.8. The molecule has 6 nitrogen and oxygen atoms in total. The number of pyridine rings is 2. The van der Waals surface area contributed by atoms with Crippen LogP contribution in [0.4, 0.5) is 16.2 Å². The van der Waals surface area contributed by atoms with Gasteiger partial charge in [-0.3, -0.25) is 4.98 Å². The predicted octanol–water partition coefficient (Wildman–Crippen LogP) is 6.50. The first-order valence-electron chi connectivity index (χ1n) is 12.5. The van der Waals surface area contributed by atoms with Gasteiger partial charge in [-0.05, 0) is 87.0 Å². The smallest absolute Gasteiger partial charge is 0.229 e. The topological polar surface area (TPSA) is 66.8 Å². The molecule has 0 radical (unpaired) electrons. The van der Waals surface area contributed by atoms with Crippen molar-refractivity contribution >= 4 is 33.3 Å². The van der Waals surface area contributed by atoms with E-state index in [0.29, 0.717) is 29.3 Å². The van der Waals surface area contributed by atoms with E-state index in [9.17, 15) is 4.39 Å². The van der Waals surface area contributed by atoms with E-state index in [-0.39, 0.29) is 0 Å². The van der Waals surface area contributed by atoms with Gasteiger partial charge in [-0.25, -0.2) is 19.3 Å². The highest BCUT2D eigenvalue weighted by atomic mass is 32.1. The maximum Gasteiger partial charge on any atom is 0.229 e. The van der Waals surface area contributed by atoms with Crippen LogP contribution in [0.5, 0.6) is 0 Å². The molecule has 0 bridgehead atoms. The van der Waals surface area contributed by atoms with Gasteiger partial charge in [-0.1, -0.05) is 18.9 Å². The molecule has 1 aliphatic heterocycles. The second-order valence-electron chi connectivity index (χ2n) is 9.78. The van der Waals surface area contributed by atoms with Gasteiger partial charge in [0.05, 0.1) is 21.3 Å². The van der Waals surface area contributed by atoms with Crippen LogP contribution in [0.2, 0.25) is 0 Å². The Morgan fingerprint density at radius 1 is 0.971 bits per heavy atom. The molecule has 4 aromatic rings. The van der Waals surface area contributed by atoms with Gasteiger partial charge in [-0.15, -0.1) is 11.3 Å². The first-order valence-corrected chi connectivity index (χ1v) is 13.3. The average molecular weight is 489 g/mol. The molecule has 1 N–H and O–H groups in total. The largest absolute Gasteiger partial charge is 0.309 e. The summed E-state index contributed by atoms with van der Waals surface area (Å²) >= 11 is 1.57. The third kappa shape index (κ3) is 4.65. The van der Waals surface area contributed by atoms with E-state index in [0.717, 1.165) is 41.0 Å². The first-order chi connectivity index (χ1) is 17.1. The lowest BCUT2D eigenvalue weighted by Crippen LogP contribution is -2.29. The summed E-state index contributed by atoms with van der Waals surface area (Å²) < 4.78 is 16.0. The number of nitrogens with zero attached hydrogens (tertiary/aromatic N) is 5. The van der Waals surface area contributed by atoms with Crippen molar-refractivity contribution in [3.05, 3.63) is 59.8 Å². The van der Waals surface area contributed by atoms with Crippen molar-refractivity contribution in [1.82, 2.24) is 24.8 Å². The number of hydrogen-bond donors (Lipinski definition) is 1. The van der Waals surface area contributed by atoms with Crippen LogP contribution in [0.25, 0.3) is 20.8 Å². The molecule has 1 saturated heterocycles. The summed E-state index contributed by atoms with van der Waals surface area (Å²) in [4.78, 5) is 20.9. The lowest BCUT2D eigenvalue weighted by molar-refractivity contribution is 0.255. The molecule has 6 rings (SSSR count). The van der Waals surface area contributed by atoms with Gasteiger partial charge in [0.2, 0.25) is 5.95 Å². The maximum absolute atomic E-state index is 14.8. The second kappa shape index (κ2) is 9.59. The molecule has 2 fully saturated rings. The Hall–Kier alpha value is -2.97. The number of aromatic nitrogens is 4. The Kier molecular flexibility index (Phi) is 6.16. The predicted molar refractivity (Wildman–Crippen MR) is 139 cm³/mol. The number of fused-ring (bicyclic) bond motifs is 1. The molecule has 2 aliphatic rings. The van der Waals surface area contributed by atoms with Crippen molar-refractivity contribution in [2.75, 3.05) is 25.5 Å². The van der Waals surface area contributed by atoms with Crippen molar-refractivity contribution in [3.8, 4) is 10.6 Å². The normalized spacial score (nSPS) is 17.9. The number of nitrogens with one attached hydrogen (secondary N) is 1. The van der Waals surface area contributed by atoms with Gasteiger partial charge < -0.3 is 10.2 Å². The molecule has 0 aromatic carbocycles. The van der Waals surface area contributed by atoms with Crippen LogP contribution in [0, 0.1) is 5.82 Å². The Morgan fingerprint density at radius 3 is 2.57 bits per heavy atom. The van der Waals surface area contributed by atoms with Gasteiger partial charge >= 0.3 is 0 Å². The Balaban J connectivity index is 1.24. The summed E-state index contributed by atoms with van der Waals surface area (Å²) in [5, 5.41) is 3.15.